The van der Waals surface area contributed by atoms with Gasteiger partial charge in [0.15, 0.2) is 5.65 Å². The maximum Gasteiger partial charge on any atom is 0.202 e. The maximum absolute atomic E-state index is 6.18. The quantitative estimate of drug-likeness (QED) is 0.787. The fourth-order valence-electron chi connectivity index (χ4n) is 2.87. The van der Waals surface area contributed by atoms with Crippen LogP contribution in [0.3, 0.4) is 0 Å². The zero-order valence-corrected chi connectivity index (χ0v) is 13.5. The van der Waals surface area contributed by atoms with Crippen LogP contribution in [0.5, 0.6) is 0 Å². The Labute approximate surface area is 128 Å². The van der Waals surface area contributed by atoms with E-state index in [1.54, 1.807) is 11.3 Å². The fraction of sp³-hybridized carbons (Fsp3) is 0.467. The molecule has 21 heavy (non-hydrogen) atoms. The fourth-order valence-corrected chi connectivity index (χ4v) is 3.70. The van der Waals surface area contributed by atoms with Crippen molar-refractivity contribution in [3.63, 3.8) is 0 Å². The van der Waals surface area contributed by atoms with Gasteiger partial charge in [0, 0.05) is 24.4 Å². The number of nitrogen functional groups attached to an aromatic ring is 1. The lowest BCUT2D eigenvalue weighted by Crippen LogP contribution is -2.13. The van der Waals surface area contributed by atoms with Gasteiger partial charge in [-0.1, -0.05) is 19.4 Å². The van der Waals surface area contributed by atoms with Crippen LogP contribution in [-0.4, -0.2) is 19.3 Å². The molecule has 0 radical (unpaired) electrons. The largest absolute Gasteiger partial charge is 0.369 e. The topological polar surface area (TPSA) is 61.7 Å². The molecule has 112 valence electrons. The molecule has 1 atom stereocenters. The first-order chi connectivity index (χ1) is 10.1. The Morgan fingerprint density at radius 3 is 2.90 bits per heavy atom. The summed E-state index contributed by atoms with van der Waals surface area (Å²) in [6.45, 7) is 4.34. The molecule has 3 rings (SSSR count). The van der Waals surface area contributed by atoms with Crippen LogP contribution < -0.4 is 5.73 Å². The molecule has 0 aliphatic rings. The summed E-state index contributed by atoms with van der Waals surface area (Å²) in [7, 11) is 1.97. The SMILES string of the molecule is CCCc1nn(C)c2c1nc(N)n2C(C)Cc1cccs1. The Bertz CT molecular complexity index is 738. The number of aromatic nitrogens is 4. The molecule has 0 aliphatic heterocycles. The molecule has 3 aromatic rings. The number of nitrogens with zero attached hydrogens (tertiary/aromatic N) is 4. The van der Waals surface area contributed by atoms with E-state index < -0.39 is 0 Å². The van der Waals surface area contributed by atoms with Crippen LogP contribution in [0.1, 0.15) is 36.9 Å². The molecule has 3 aromatic heterocycles. The van der Waals surface area contributed by atoms with Crippen molar-refractivity contribution in [1.29, 1.82) is 0 Å². The monoisotopic (exact) mass is 303 g/mol. The van der Waals surface area contributed by atoms with Gasteiger partial charge in [-0.15, -0.1) is 11.3 Å². The Morgan fingerprint density at radius 2 is 2.24 bits per heavy atom. The lowest BCUT2D eigenvalue weighted by atomic mass is 10.2. The highest BCUT2D eigenvalue weighted by atomic mass is 32.1. The number of aryl methyl sites for hydroxylation is 2. The maximum atomic E-state index is 6.18. The molecule has 0 saturated carbocycles. The minimum Gasteiger partial charge on any atom is -0.369 e. The van der Waals surface area contributed by atoms with Crippen LogP contribution in [-0.2, 0) is 19.9 Å². The number of thiophene rings is 1. The van der Waals surface area contributed by atoms with Gasteiger partial charge < -0.3 is 5.73 Å². The van der Waals surface area contributed by atoms with Crippen molar-refractivity contribution < 1.29 is 0 Å². The van der Waals surface area contributed by atoms with Gasteiger partial charge in [-0.3, -0.25) is 9.25 Å². The van der Waals surface area contributed by atoms with E-state index in [0.717, 1.165) is 36.1 Å². The summed E-state index contributed by atoms with van der Waals surface area (Å²) in [6, 6.07) is 4.51. The summed E-state index contributed by atoms with van der Waals surface area (Å²) < 4.78 is 4.02. The van der Waals surface area contributed by atoms with Crippen molar-refractivity contribution >= 4 is 28.4 Å². The first-order valence-electron chi connectivity index (χ1n) is 7.33. The Kier molecular flexibility index (Phi) is 3.71. The van der Waals surface area contributed by atoms with E-state index in [9.17, 15) is 0 Å². The molecule has 6 heteroatoms. The highest BCUT2D eigenvalue weighted by Gasteiger charge is 2.21. The van der Waals surface area contributed by atoms with Crippen LogP contribution >= 0.6 is 11.3 Å². The molecule has 0 bridgehead atoms. The first kappa shape index (κ1) is 14.1. The predicted molar refractivity (Wildman–Crippen MR) is 87.6 cm³/mol. The van der Waals surface area contributed by atoms with E-state index in [-0.39, 0.29) is 6.04 Å². The van der Waals surface area contributed by atoms with E-state index in [1.807, 2.05) is 11.7 Å². The number of rotatable bonds is 5. The third-order valence-electron chi connectivity index (χ3n) is 3.77. The van der Waals surface area contributed by atoms with Gasteiger partial charge in [-0.2, -0.15) is 5.10 Å². The summed E-state index contributed by atoms with van der Waals surface area (Å²) in [5, 5.41) is 6.71. The molecule has 1 unspecified atom stereocenters. The standard InChI is InChI=1S/C15H21N5S/c1-4-6-12-13-14(19(3)18-12)20(15(16)17-13)10(2)9-11-7-5-8-21-11/h5,7-8,10H,4,6,9H2,1-3H3,(H2,16,17). The highest BCUT2D eigenvalue weighted by molar-refractivity contribution is 7.09. The highest BCUT2D eigenvalue weighted by Crippen LogP contribution is 2.28. The Hall–Kier alpha value is -1.82. The van der Waals surface area contributed by atoms with Gasteiger partial charge in [-0.25, -0.2) is 4.98 Å². The predicted octanol–water partition coefficient (Wildman–Crippen LogP) is 3.17. The minimum atomic E-state index is 0.263. The molecule has 0 saturated heterocycles. The normalized spacial score (nSPS) is 13.1. The molecule has 0 aliphatic carbocycles. The van der Waals surface area contributed by atoms with Gasteiger partial charge in [0.2, 0.25) is 5.95 Å². The summed E-state index contributed by atoms with van der Waals surface area (Å²) in [6.07, 6.45) is 2.96. The third-order valence-corrected chi connectivity index (χ3v) is 4.67. The van der Waals surface area contributed by atoms with Gasteiger partial charge >= 0.3 is 0 Å². The molecule has 0 fully saturated rings. The van der Waals surface area contributed by atoms with Crippen molar-refractivity contribution in [2.75, 3.05) is 5.73 Å². The Balaban J connectivity index is 2.03. The molecule has 0 amide bonds. The van der Waals surface area contributed by atoms with Gasteiger partial charge in [-0.05, 0) is 24.8 Å². The van der Waals surface area contributed by atoms with Gasteiger partial charge in [0.05, 0.1) is 5.69 Å². The van der Waals surface area contributed by atoms with Crippen molar-refractivity contribution in [1.82, 2.24) is 19.3 Å². The second kappa shape index (κ2) is 5.52. The van der Waals surface area contributed by atoms with E-state index in [1.165, 1.54) is 4.88 Å². The number of hydrogen-bond donors (Lipinski definition) is 1. The average Bonchev–Trinajstić information content (AvgIpc) is 3.10. The van der Waals surface area contributed by atoms with Crippen molar-refractivity contribution in [3.8, 4) is 0 Å². The summed E-state index contributed by atoms with van der Waals surface area (Å²) in [5.74, 6) is 0.583. The molecule has 0 aromatic carbocycles. The van der Waals surface area contributed by atoms with Crippen molar-refractivity contribution in [2.45, 2.75) is 39.2 Å². The first-order valence-corrected chi connectivity index (χ1v) is 8.21. The van der Waals surface area contributed by atoms with E-state index in [0.29, 0.717) is 5.95 Å². The van der Waals surface area contributed by atoms with Crippen LogP contribution in [0, 0.1) is 0 Å². The van der Waals surface area contributed by atoms with Crippen LogP contribution in [0.25, 0.3) is 11.2 Å². The second-order valence-corrected chi connectivity index (χ2v) is 6.50. The summed E-state index contributed by atoms with van der Waals surface area (Å²) in [5.41, 5.74) is 9.20. The molecule has 5 nitrogen and oxygen atoms in total. The minimum absolute atomic E-state index is 0.263. The van der Waals surface area contributed by atoms with Crippen molar-refractivity contribution in [2.24, 2.45) is 7.05 Å². The van der Waals surface area contributed by atoms with Crippen molar-refractivity contribution in [3.05, 3.63) is 28.1 Å². The number of nitrogens with two attached hydrogens (primary N) is 1. The van der Waals surface area contributed by atoms with Gasteiger partial charge in [0.1, 0.15) is 5.52 Å². The average molecular weight is 303 g/mol. The smallest absolute Gasteiger partial charge is 0.202 e. The summed E-state index contributed by atoms with van der Waals surface area (Å²) >= 11 is 1.78. The number of hydrogen-bond acceptors (Lipinski definition) is 4. The van der Waals surface area contributed by atoms with E-state index >= 15 is 0 Å². The van der Waals surface area contributed by atoms with Gasteiger partial charge in [0.25, 0.3) is 0 Å². The zero-order valence-electron chi connectivity index (χ0n) is 12.7. The number of fused-ring (bicyclic) bond motifs is 1. The molecule has 2 N–H and O–H groups in total. The zero-order chi connectivity index (χ0) is 15.0. The van der Waals surface area contributed by atoms with Crippen LogP contribution in [0.15, 0.2) is 17.5 Å². The lowest BCUT2D eigenvalue weighted by molar-refractivity contribution is 0.555. The number of imidazole rings is 1. The molecular formula is C15H21N5S. The molecule has 0 spiro atoms. The molecule has 3 heterocycles. The third kappa shape index (κ3) is 2.44. The summed E-state index contributed by atoms with van der Waals surface area (Å²) in [4.78, 5) is 5.92. The van der Waals surface area contributed by atoms with E-state index in [4.69, 9.17) is 5.73 Å². The van der Waals surface area contributed by atoms with E-state index in [2.05, 4.69) is 46.0 Å². The van der Waals surface area contributed by atoms with Crippen LogP contribution in [0.2, 0.25) is 0 Å². The lowest BCUT2D eigenvalue weighted by Gasteiger charge is -2.15. The Morgan fingerprint density at radius 1 is 1.43 bits per heavy atom. The van der Waals surface area contributed by atoms with Crippen LogP contribution in [0.4, 0.5) is 5.95 Å². The second-order valence-electron chi connectivity index (χ2n) is 5.47. The molecular weight excluding hydrogens is 282 g/mol. The number of anilines is 1.